The number of hydrogen-bond donors (Lipinski definition) is 1. The molecule has 1 N–H and O–H groups in total. The van der Waals surface area contributed by atoms with Crippen LogP contribution in [0.3, 0.4) is 0 Å². The van der Waals surface area contributed by atoms with Gasteiger partial charge in [-0.15, -0.1) is 0 Å². The van der Waals surface area contributed by atoms with Crippen LogP contribution in [-0.4, -0.2) is 37.7 Å². The molecule has 0 aromatic heterocycles. The lowest BCUT2D eigenvalue weighted by molar-refractivity contribution is 0.167. The Kier molecular flexibility index (Phi) is 5.44. The lowest BCUT2D eigenvalue weighted by Crippen LogP contribution is -2.47. The number of rotatable bonds is 5. The minimum absolute atomic E-state index is 0.327. The molecule has 0 aliphatic carbocycles. The molecule has 0 saturated carbocycles. The Balaban J connectivity index is 2.02. The molecule has 1 aromatic carbocycles. The Morgan fingerprint density at radius 2 is 2.15 bits per heavy atom. The van der Waals surface area contributed by atoms with Crippen molar-refractivity contribution < 1.29 is 4.74 Å². The van der Waals surface area contributed by atoms with E-state index in [1.165, 1.54) is 25.1 Å². The van der Waals surface area contributed by atoms with Crippen molar-refractivity contribution in [3.8, 4) is 5.75 Å². The number of nitrogens with one attached hydrogen (secondary N) is 1. The molecular weight excluding hydrogens is 248 g/mol. The third-order valence-corrected chi connectivity index (χ3v) is 4.26. The highest BCUT2D eigenvalue weighted by Crippen LogP contribution is 2.27. The van der Waals surface area contributed by atoms with Gasteiger partial charge in [0, 0.05) is 24.2 Å². The number of ether oxygens (including phenoxy) is 1. The maximum atomic E-state index is 5.74. The summed E-state index contributed by atoms with van der Waals surface area (Å²) >= 11 is 0. The van der Waals surface area contributed by atoms with E-state index in [1.807, 2.05) is 13.0 Å². The summed E-state index contributed by atoms with van der Waals surface area (Å²) in [5, 5.41) is 3.80. The fraction of sp³-hybridized carbons (Fsp3) is 0.647. The number of para-hydroxylation sites is 1. The van der Waals surface area contributed by atoms with Gasteiger partial charge in [0.15, 0.2) is 0 Å². The average molecular weight is 276 g/mol. The van der Waals surface area contributed by atoms with Crippen molar-refractivity contribution in [1.82, 2.24) is 10.2 Å². The molecule has 3 nitrogen and oxygen atoms in total. The van der Waals surface area contributed by atoms with Gasteiger partial charge in [-0.2, -0.15) is 0 Å². The lowest BCUT2D eigenvalue weighted by atomic mass is 9.92. The number of hydrogen-bond acceptors (Lipinski definition) is 3. The predicted octanol–water partition coefficient (Wildman–Crippen LogP) is 3.08. The SMILES string of the molecule is CCOc1ccccc1C(C)NC1CCN(C)CC1C. The normalized spacial score (nSPS) is 25.4. The molecule has 0 amide bonds. The second-order valence-electron chi connectivity index (χ2n) is 5.99. The van der Waals surface area contributed by atoms with Crippen LogP contribution in [0.2, 0.25) is 0 Å². The van der Waals surface area contributed by atoms with Crippen molar-refractivity contribution in [3.05, 3.63) is 29.8 Å². The molecule has 1 aliphatic heterocycles. The summed E-state index contributed by atoms with van der Waals surface area (Å²) in [4.78, 5) is 2.42. The number of benzene rings is 1. The molecule has 0 radical (unpaired) electrons. The molecule has 20 heavy (non-hydrogen) atoms. The largest absolute Gasteiger partial charge is 0.494 e. The van der Waals surface area contributed by atoms with E-state index in [0.29, 0.717) is 24.6 Å². The van der Waals surface area contributed by atoms with Crippen LogP contribution < -0.4 is 10.1 Å². The lowest BCUT2D eigenvalue weighted by Gasteiger charge is -2.37. The van der Waals surface area contributed by atoms with Crippen LogP contribution in [-0.2, 0) is 0 Å². The molecule has 3 atom stereocenters. The van der Waals surface area contributed by atoms with Crippen LogP contribution in [0.15, 0.2) is 24.3 Å². The monoisotopic (exact) mass is 276 g/mol. The van der Waals surface area contributed by atoms with Gasteiger partial charge in [0.25, 0.3) is 0 Å². The smallest absolute Gasteiger partial charge is 0.124 e. The Bertz CT molecular complexity index is 421. The zero-order valence-electron chi connectivity index (χ0n) is 13.2. The van der Waals surface area contributed by atoms with Gasteiger partial charge in [-0.05, 0) is 45.8 Å². The molecule has 1 aliphatic rings. The molecule has 112 valence electrons. The van der Waals surface area contributed by atoms with Crippen LogP contribution in [0.5, 0.6) is 5.75 Å². The van der Waals surface area contributed by atoms with Gasteiger partial charge >= 0.3 is 0 Å². The van der Waals surface area contributed by atoms with E-state index in [0.717, 1.165) is 5.75 Å². The Labute approximate surface area is 123 Å². The summed E-state index contributed by atoms with van der Waals surface area (Å²) in [6, 6.07) is 9.29. The molecule has 1 aromatic rings. The first-order valence-corrected chi connectivity index (χ1v) is 7.78. The highest BCUT2D eigenvalue weighted by Gasteiger charge is 2.26. The van der Waals surface area contributed by atoms with Gasteiger partial charge in [-0.25, -0.2) is 0 Å². The van der Waals surface area contributed by atoms with Gasteiger partial charge in [0.05, 0.1) is 6.61 Å². The summed E-state index contributed by atoms with van der Waals surface area (Å²) in [6.07, 6.45) is 1.22. The van der Waals surface area contributed by atoms with Crippen LogP contribution in [0.4, 0.5) is 0 Å². The van der Waals surface area contributed by atoms with Crippen LogP contribution in [0.25, 0.3) is 0 Å². The van der Waals surface area contributed by atoms with E-state index in [9.17, 15) is 0 Å². The molecule has 2 rings (SSSR count). The van der Waals surface area contributed by atoms with Gasteiger partial charge in [0.2, 0.25) is 0 Å². The number of piperidine rings is 1. The Morgan fingerprint density at radius 3 is 2.85 bits per heavy atom. The molecule has 3 unspecified atom stereocenters. The predicted molar refractivity (Wildman–Crippen MR) is 84.2 cm³/mol. The fourth-order valence-corrected chi connectivity index (χ4v) is 3.14. The van der Waals surface area contributed by atoms with E-state index < -0.39 is 0 Å². The summed E-state index contributed by atoms with van der Waals surface area (Å²) in [7, 11) is 2.21. The fourth-order valence-electron chi connectivity index (χ4n) is 3.14. The maximum absolute atomic E-state index is 5.74. The van der Waals surface area contributed by atoms with Crippen molar-refractivity contribution in [3.63, 3.8) is 0 Å². The third-order valence-electron chi connectivity index (χ3n) is 4.26. The quantitative estimate of drug-likeness (QED) is 0.894. The van der Waals surface area contributed by atoms with Crippen molar-refractivity contribution in [2.45, 2.75) is 39.3 Å². The van der Waals surface area contributed by atoms with Crippen molar-refractivity contribution in [2.24, 2.45) is 5.92 Å². The minimum Gasteiger partial charge on any atom is -0.494 e. The molecular formula is C17H28N2O. The molecule has 0 bridgehead atoms. The van der Waals surface area contributed by atoms with Crippen molar-refractivity contribution in [1.29, 1.82) is 0 Å². The van der Waals surface area contributed by atoms with E-state index >= 15 is 0 Å². The van der Waals surface area contributed by atoms with Gasteiger partial charge in [0.1, 0.15) is 5.75 Å². The maximum Gasteiger partial charge on any atom is 0.124 e. The van der Waals surface area contributed by atoms with E-state index in [-0.39, 0.29) is 0 Å². The summed E-state index contributed by atoms with van der Waals surface area (Å²) in [5.41, 5.74) is 1.26. The standard InChI is InChI=1S/C17H28N2O/c1-5-20-17-9-7-6-8-15(17)14(3)18-16-10-11-19(4)12-13(16)2/h6-9,13-14,16,18H,5,10-12H2,1-4H3. The molecule has 0 spiro atoms. The third kappa shape index (κ3) is 3.74. The zero-order valence-corrected chi connectivity index (χ0v) is 13.2. The van der Waals surface area contributed by atoms with Crippen LogP contribution >= 0.6 is 0 Å². The van der Waals surface area contributed by atoms with Crippen LogP contribution in [0.1, 0.15) is 38.8 Å². The van der Waals surface area contributed by atoms with E-state index in [4.69, 9.17) is 4.74 Å². The summed E-state index contributed by atoms with van der Waals surface area (Å²) in [5.74, 6) is 1.70. The minimum atomic E-state index is 0.327. The first kappa shape index (κ1) is 15.3. The summed E-state index contributed by atoms with van der Waals surface area (Å²) < 4.78 is 5.74. The highest BCUT2D eigenvalue weighted by atomic mass is 16.5. The molecule has 1 heterocycles. The molecule has 1 fully saturated rings. The van der Waals surface area contributed by atoms with Gasteiger partial charge < -0.3 is 15.0 Å². The Hall–Kier alpha value is -1.06. The topological polar surface area (TPSA) is 24.5 Å². The highest BCUT2D eigenvalue weighted by molar-refractivity contribution is 5.35. The van der Waals surface area contributed by atoms with Crippen molar-refractivity contribution >= 4 is 0 Å². The van der Waals surface area contributed by atoms with Gasteiger partial charge in [-0.3, -0.25) is 0 Å². The molecule has 3 heteroatoms. The average Bonchev–Trinajstić information content (AvgIpc) is 2.43. The number of likely N-dealkylation sites (tertiary alicyclic amines) is 1. The first-order valence-electron chi connectivity index (χ1n) is 7.78. The summed E-state index contributed by atoms with van der Waals surface area (Å²) in [6.45, 7) is 9.69. The second kappa shape index (κ2) is 7.09. The number of nitrogens with zero attached hydrogens (tertiary/aromatic N) is 1. The zero-order chi connectivity index (χ0) is 14.5. The molecule has 1 saturated heterocycles. The van der Waals surface area contributed by atoms with Crippen LogP contribution in [0, 0.1) is 5.92 Å². The first-order chi connectivity index (χ1) is 9.61. The van der Waals surface area contributed by atoms with E-state index in [1.54, 1.807) is 0 Å². The van der Waals surface area contributed by atoms with Gasteiger partial charge in [-0.1, -0.05) is 25.1 Å². The van der Waals surface area contributed by atoms with E-state index in [2.05, 4.69) is 49.3 Å². The Morgan fingerprint density at radius 1 is 1.40 bits per heavy atom. The van der Waals surface area contributed by atoms with Crippen molar-refractivity contribution in [2.75, 3.05) is 26.7 Å². The second-order valence-corrected chi connectivity index (χ2v) is 5.99.